The van der Waals surface area contributed by atoms with E-state index in [2.05, 4.69) is 5.32 Å². The highest BCUT2D eigenvalue weighted by Gasteiger charge is 2.11. The summed E-state index contributed by atoms with van der Waals surface area (Å²) in [5.74, 6) is -0.0798. The summed E-state index contributed by atoms with van der Waals surface area (Å²) in [7, 11) is 0. The predicted molar refractivity (Wildman–Crippen MR) is 95.1 cm³/mol. The van der Waals surface area contributed by atoms with Crippen molar-refractivity contribution < 1.29 is 14.3 Å². The van der Waals surface area contributed by atoms with Gasteiger partial charge >= 0.3 is 0 Å². The average molecular weight is 366 g/mol. The van der Waals surface area contributed by atoms with Crippen molar-refractivity contribution in [2.45, 2.75) is 13.3 Å². The van der Waals surface area contributed by atoms with Gasteiger partial charge in [0.25, 0.3) is 5.91 Å². The standard InChI is InChI=1S/C18H17Cl2NO3/c1-12(22)16-10-15(20)6-7-17(16)24-11-18(23)21-9-8-13-2-4-14(19)5-3-13/h2-7,10H,8-9,11H2,1H3,(H,21,23). The van der Waals surface area contributed by atoms with Gasteiger partial charge in [-0.15, -0.1) is 0 Å². The first-order valence-corrected chi connectivity index (χ1v) is 8.16. The minimum atomic E-state index is -0.256. The number of hydrogen-bond donors (Lipinski definition) is 1. The van der Waals surface area contributed by atoms with Crippen molar-refractivity contribution in [2.75, 3.05) is 13.2 Å². The zero-order valence-electron chi connectivity index (χ0n) is 13.1. The van der Waals surface area contributed by atoms with Crippen molar-refractivity contribution >= 4 is 34.9 Å². The Kier molecular flexibility index (Phi) is 6.64. The van der Waals surface area contributed by atoms with Gasteiger partial charge in [0.15, 0.2) is 12.4 Å². The minimum Gasteiger partial charge on any atom is -0.483 e. The van der Waals surface area contributed by atoms with Crippen LogP contribution in [0.1, 0.15) is 22.8 Å². The van der Waals surface area contributed by atoms with Crippen LogP contribution >= 0.6 is 23.2 Å². The summed E-state index contributed by atoms with van der Waals surface area (Å²) in [5.41, 5.74) is 1.44. The van der Waals surface area contributed by atoms with Crippen LogP contribution in [0.15, 0.2) is 42.5 Å². The van der Waals surface area contributed by atoms with Gasteiger partial charge in [-0.25, -0.2) is 0 Å². The van der Waals surface area contributed by atoms with Gasteiger partial charge in [0.2, 0.25) is 0 Å². The van der Waals surface area contributed by atoms with Crippen LogP contribution in [0.2, 0.25) is 10.0 Å². The van der Waals surface area contributed by atoms with Crippen LogP contribution in [0, 0.1) is 0 Å². The van der Waals surface area contributed by atoms with E-state index in [1.165, 1.54) is 13.0 Å². The number of nitrogens with one attached hydrogen (secondary N) is 1. The first-order valence-electron chi connectivity index (χ1n) is 7.40. The van der Waals surface area contributed by atoms with Crippen LogP contribution in [-0.2, 0) is 11.2 Å². The van der Waals surface area contributed by atoms with Gasteiger partial charge < -0.3 is 10.1 Å². The van der Waals surface area contributed by atoms with E-state index in [4.69, 9.17) is 27.9 Å². The fourth-order valence-corrected chi connectivity index (χ4v) is 2.39. The van der Waals surface area contributed by atoms with Gasteiger partial charge in [-0.3, -0.25) is 9.59 Å². The van der Waals surface area contributed by atoms with E-state index in [0.717, 1.165) is 5.56 Å². The Morgan fingerprint density at radius 3 is 2.38 bits per heavy atom. The van der Waals surface area contributed by atoms with Crippen LogP contribution < -0.4 is 10.1 Å². The molecule has 0 spiro atoms. The van der Waals surface area contributed by atoms with Crippen LogP contribution in [0.4, 0.5) is 0 Å². The Bertz CT molecular complexity index is 730. The van der Waals surface area contributed by atoms with Crippen molar-refractivity contribution in [3.05, 3.63) is 63.6 Å². The second-order valence-electron chi connectivity index (χ2n) is 5.21. The molecule has 0 aliphatic heterocycles. The fraction of sp³-hybridized carbons (Fsp3) is 0.222. The lowest BCUT2D eigenvalue weighted by Crippen LogP contribution is -2.30. The lowest BCUT2D eigenvalue weighted by molar-refractivity contribution is -0.123. The molecule has 0 radical (unpaired) electrons. The van der Waals surface area contributed by atoms with E-state index in [1.807, 2.05) is 24.3 Å². The van der Waals surface area contributed by atoms with Gasteiger partial charge in [-0.05, 0) is 49.2 Å². The van der Waals surface area contributed by atoms with Gasteiger partial charge in [0.1, 0.15) is 5.75 Å². The summed E-state index contributed by atoms with van der Waals surface area (Å²) in [5, 5.41) is 3.89. The number of carbonyl (C=O) groups excluding carboxylic acids is 2. The second kappa shape index (κ2) is 8.71. The van der Waals surface area contributed by atoms with Crippen LogP contribution in [0.3, 0.4) is 0 Å². The van der Waals surface area contributed by atoms with Gasteiger partial charge in [-0.1, -0.05) is 35.3 Å². The number of rotatable bonds is 7. The van der Waals surface area contributed by atoms with E-state index >= 15 is 0 Å². The topological polar surface area (TPSA) is 55.4 Å². The number of halogens is 2. The molecular formula is C18H17Cl2NO3. The van der Waals surface area contributed by atoms with Crippen molar-refractivity contribution in [2.24, 2.45) is 0 Å². The molecule has 2 aromatic rings. The van der Waals surface area contributed by atoms with Crippen molar-refractivity contribution in [3.8, 4) is 5.75 Å². The highest BCUT2D eigenvalue weighted by atomic mass is 35.5. The van der Waals surface area contributed by atoms with Gasteiger partial charge in [0, 0.05) is 16.6 Å². The normalized spacial score (nSPS) is 10.3. The molecule has 0 unspecified atom stereocenters. The molecule has 0 aliphatic rings. The first kappa shape index (κ1) is 18.3. The van der Waals surface area contributed by atoms with Crippen LogP contribution in [0.25, 0.3) is 0 Å². The molecular weight excluding hydrogens is 349 g/mol. The molecule has 0 saturated carbocycles. The third-order valence-electron chi connectivity index (χ3n) is 3.33. The molecule has 6 heteroatoms. The zero-order chi connectivity index (χ0) is 17.5. The maximum absolute atomic E-state index is 11.8. The quantitative estimate of drug-likeness (QED) is 0.756. The van der Waals surface area contributed by atoms with E-state index in [-0.39, 0.29) is 18.3 Å². The van der Waals surface area contributed by atoms with Crippen molar-refractivity contribution in [1.82, 2.24) is 5.32 Å². The molecule has 24 heavy (non-hydrogen) atoms. The Labute approximate surface area is 150 Å². The molecule has 0 heterocycles. The third kappa shape index (κ3) is 5.55. The highest BCUT2D eigenvalue weighted by Crippen LogP contribution is 2.23. The molecule has 0 atom stereocenters. The molecule has 0 fully saturated rings. The number of ether oxygens (including phenoxy) is 1. The summed E-state index contributed by atoms with van der Waals surface area (Å²) in [6.45, 7) is 1.75. The summed E-state index contributed by atoms with van der Waals surface area (Å²) in [6, 6.07) is 12.2. The Hall–Kier alpha value is -2.04. The van der Waals surface area contributed by atoms with Crippen LogP contribution in [0.5, 0.6) is 5.75 Å². The Morgan fingerprint density at radius 1 is 1.04 bits per heavy atom. The largest absolute Gasteiger partial charge is 0.483 e. The van der Waals surface area contributed by atoms with E-state index < -0.39 is 0 Å². The number of ketones is 1. The summed E-state index contributed by atoms with van der Waals surface area (Å²) >= 11 is 11.7. The van der Waals surface area contributed by atoms with E-state index in [0.29, 0.717) is 34.3 Å². The molecule has 1 N–H and O–H groups in total. The Balaban J connectivity index is 1.81. The molecule has 2 aromatic carbocycles. The van der Waals surface area contributed by atoms with Gasteiger partial charge in [0.05, 0.1) is 5.56 Å². The van der Waals surface area contributed by atoms with E-state index in [9.17, 15) is 9.59 Å². The van der Waals surface area contributed by atoms with Crippen molar-refractivity contribution in [3.63, 3.8) is 0 Å². The summed E-state index contributed by atoms with van der Waals surface area (Å²) < 4.78 is 5.42. The molecule has 0 saturated heterocycles. The fourth-order valence-electron chi connectivity index (χ4n) is 2.09. The SMILES string of the molecule is CC(=O)c1cc(Cl)ccc1OCC(=O)NCCc1ccc(Cl)cc1. The van der Waals surface area contributed by atoms with Crippen molar-refractivity contribution in [1.29, 1.82) is 0 Å². The van der Waals surface area contributed by atoms with E-state index in [1.54, 1.807) is 12.1 Å². The number of amides is 1. The maximum atomic E-state index is 11.8. The first-order chi connectivity index (χ1) is 11.5. The molecule has 4 nitrogen and oxygen atoms in total. The monoisotopic (exact) mass is 365 g/mol. The predicted octanol–water partition coefficient (Wildman–Crippen LogP) is 3.93. The van der Waals surface area contributed by atoms with Crippen LogP contribution in [-0.4, -0.2) is 24.8 Å². The molecule has 0 aromatic heterocycles. The smallest absolute Gasteiger partial charge is 0.257 e. The maximum Gasteiger partial charge on any atom is 0.257 e. The zero-order valence-corrected chi connectivity index (χ0v) is 14.7. The number of Topliss-reactive ketones (excluding diaryl/α,β-unsaturated/α-hetero) is 1. The van der Waals surface area contributed by atoms with Gasteiger partial charge in [-0.2, -0.15) is 0 Å². The number of carbonyl (C=O) groups is 2. The molecule has 2 rings (SSSR count). The third-order valence-corrected chi connectivity index (χ3v) is 3.82. The summed E-state index contributed by atoms with van der Waals surface area (Å²) in [4.78, 5) is 23.4. The average Bonchev–Trinajstić information content (AvgIpc) is 2.55. The molecule has 0 aliphatic carbocycles. The minimum absolute atomic E-state index is 0.164. The lowest BCUT2D eigenvalue weighted by Gasteiger charge is -2.10. The number of benzene rings is 2. The molecule has 0 bridgehead atoms. The lowest BCUT2D eigenvalue weighted by atomic mass is 10.1. The summed E-state index contributed by atoms with van der Waals surface area (Å²) in [6.07, 6.45) is 0.697. The Morgan fingerprint density at radius 2 is 1.71 bits per heavy atom. The molecule has 1 amide bonds. The highest BCUT2D eigenvalue weighted by molar-refractivity contribution is 6.31. The second-order valence-corrected chi connectivity index (χ2v) is 6.08. The number of hydrogen-bond acceptors (Lipinski definition) is 3. The molecule has 126 valence electrons.